The van der Waals surface area contributed by atoms with Crippen molar-refractivity contribution in [1.82, 2.24) is 5.32 Å². The van der Waals surface area contributed by atoms with E-state index in [-0.39, 0.29) is 0 Å². The molecule has 0 amide bonds. The molecular formula is C20H27N3O2S. The van der Waals surface area contributed by atoms with Crippen LogP contribution in [0.3, 0.4) is 0 Å². The Kier molecular flexibility index (Phi) is 6.77. The molecular weight excluding hydrogens is 346 g/mol. The van der Waals surface area contributed by atoms with Crippen LogP contribution in [0.4, 0.5) is 0 Å². The molecule has 3 rings (SSSR count). The summed E-state index contributed by atoms with van der Waals surface area (Å²) in [6.45, 7) is 1.30. The van der Waals surface area contributed by atoms with Gasteiger partial charge in [0, 0.05) is 11.4 Å². The van der Waals surface area contributed by atoms with E-state index in [1.807, 2.05) is 18.2 Å². The van der Waals surface area contributed by atoms with Crippen molar-refractivity contribution in [2.75, 3.05) is 13.7 Å². The molecule has 1 aromatic heterocycles. The number of nitrogens with one attached hydrogen (secondary N) is 1. The highest BCUT2D eigenvalue weighted by Crippen LogP contribution is 2.32. The predicted molar refractivity (Wildman–Crippen MR) is 107 cm³/mol. The Bertz CT molecular complexity index is 710. The number of nitrogens with zero attached hydrogens (tertiary/aromatic N) is 1. The van der Waals surface area contributed by atoms with Gasteiger partial charge in [-0.25, -0.2) is 4.99 Å². The van der Waals surface area contributed by atoms with E-state index in [2.05, 4.69) is 27.8 Å². The number of nitrogens with two attached hydrogens (primary N) is 1. The molecule has 0 spiro atoms. The lowest BCUT2D eigenvalue weighted by Crippen LogP contribution is -2.33. The largest absolute Gasteiger partial charge is 0.493 e. The number of benzene rings is 1. The van der Waals surface area contributed by atoms with Gasteiger partial charge in [0.25, 0.3) is 0 Å². The Hall–Kier alpha value is -2.21. The summed E-state index contributed by atoms with van der Waals surface area (Å²) in [5.41, 5.74) is 7.00. The number of rotatable bonds is 8. The second-order valence-electron chi connectivity index (χ2n) is 6.47. The minimum atomic E-state index is 0.316. The lowest BCUT2D eigenvalue weighted by Gasteiger charge is -2.16. The average molecular weight is 374 g/mol. The second kappa shape index (κ2) is 9.48. The normalized spacial score (nSPS) is 15.2. The summed E-state index contributed by atoms with van der Waals surface area (Å²) >= 11 is 1.75. The van der Waals surface area contributed by atoms with Crippen LogP contribution < -0.4 is 20.5 Å². The summed E-state index contributed by atoms with van der Waals surface area (Å²) in [6.07, 6.45) is 6.02. The molecule has 1 fully saturated rings. The summed E-state index contributed by atoms with van der Waals surface area (Å²) in [5, 5.41) is 5.24. The first kappa shape index (κ1) is 18.6. The van der Waals surface area contributed by atoms with Crippen molar-refractivity contribution >= 4 is 17.3 Å². The zero-order chi connectivity index (χ0) is 18.2. The van der Waals surface area contributed by atoms with Crippen LogP contribution in [0.1, 0.15) is 36.1 Å². The van der Waals surface area contributed by atoms with Crippen LogP contribution in [0.5, 0.6) is 11.5 Å². The minimum Gasteiger partial charge on any atom is -0.493 e. The highest BCUT2D eigenvalue weighted by atomic mass is 32.1. The van der Waals surface area contributed by atoms with Gasteiger partial charge in [0.2, 0.25) is 0 Å². The van der Waals surface area contributed by atoms with Gasteiger partial charge in [0.1, 0.15) is 0 Å². The lowest BCUT2D eigenvalue weighted by molar-refractivity contribution is 0.200. The molecule has 1 heterocycles. The fourth-order valence-electron chi connectivity index (χ4n) is 3.09. The first-order chi connectivity index (χ1) is 12.7. The molecule has 6 heteroatoms. The monoisotopic (exact) mass is 373 g/mol. The van der Waals surface area contributed by atoms with Crippen molar-refractivity contribution in [1.29, 1.82) is 0 Å². The van der Waals surface area contributed by atoms with Crippen LogP contribution in [0.2, 0.25) is 0 Å². The number of methoxy groups -OCH3 is 1. The van der Waals surface area contributed by atoms with Crippen LogP contribution in [0, 0.1) is 0 Å². The molecule has 1 aliphatic carbocycles. The Morgan fingerprint density at radius 2 is 2.12 bits per heavy atom. The molecule has 0 radical (unpaired) electrons. The summed E-state index contributed by atoms with van der Waals surface area (Å²) in [7, 11) is 1.67. The summed E-state index contributed by atoms with van der Waals surface area (Å²) in [4.78, 5) is 5.75. The van der Waals surface area contributed by atoms with Gasteiger partial charge in [-0.05, 0) is 61.2 Å². The van der Waals surface area contributed by atoms with Gasteiger partial charge >= 0.3 is 0 Å². The molecule has 0 unspecified atom stereocenters. The van der Waals surface area contributed by atoms with E-state index in [1.165, 1.54) is 17.7 Å². The van der Waals surface area contributed by atoms with Crippen molar-refractivity contribution in [2.45, 2.75) is 44.8 Å². The summed E-state index contributed by atoms with van der Waals surface area (Å²) < 4.78 is 11.6. The topological polar surface area (TPSA) is 68.9 Å². The predicted octanol–water partition coefficient (Wildman–Crippen LogP) is 3.73. The van der Waals surface area contributed by atoms with E-state index < -0.39 is 0 Å². The highest BCUT2D eigenvalue weighted by Gasteiger charge is 2.18. The molecule has 3 N–H and O–H groups in total. The van der Waals surface area contributed by atoms with Gasteiger partial charge in [-0.15, -0.1) is 11.3 Å². The van der Waals surface area contributed by atoms with E-state index in [4.69, 9.17) is 15.2 Å². The molecule has 1 aromatic carbocycles. The minimum absolute atomic E-state index is 0.316. The number of guanidine groups is 1. The fraction of sp³-hybridized carbons (Fsp3) is 0.450. The molecule has 2 aromatic rings. The van der Waals surface area contributed by atoms with Crippen LogP contribution in [0.15, 0.2) is 40.7 Å². The van der Waals surface area contributed by atoms with Gasteiger partial charge in [0.15, 0.2) is 17.5 Å². The van der Waals surface area contributed by atoms with Gasteiger partial charge in [-0.3, -0.25) is 0 Å². The standard InChI is InChI=1S/C20H27N3O2S/c1-24-19-13-15(8-9-18(19)25-16-5-2-3-6-16)14-23-20(21)22-11-10-17-7-4-12-26-17/h4,7-9,12-13,16H,2-3,5-6,10-11,14H2,1H3,(H3,21,22,23). The molecule has 1 saturated carbocycles. The third kappa shape index (κ3) is 5.39. The smallest absolute Gasteiger partial charge is 0.188 e. The number of hydrogen-bond donors (Lipinski definition) is 2. The van der Waals surface area contributed by atoms with Crippen LogP contribution in [-0.2, 0) is 13.0 Å². The van der Waals surface area contributed by atoms with Gasteiger partial charge in [-0.2, -0.15) is 0 Å². The molecule has 26 heavy (non-hydrogen) atoms. The first-order valence-corrected chi connectivity index (χ1v) is 10.0. The van der Waals surface area contributed by atoms with E-state index >= 15 is 0 Å². The van der Waals surface area contributed by atoms with Crippen molar-refractivity contribution in [3.63, 3.8) is 0 Å². The second-order valence-corrected chi connectivity index (χ2v) is 7.50. The van der Waals surface area contributed by atoms with Crippen molar-refractivity contribution < 1.29 is 9.47 Å². The van der Waals surface area contributed by atoms with E-state index in [0.29, 0.717) is 18.6 Å². The van der Waals surface area contributed by atoms with Crippen LogP contribution in [0.25, 0.3) is 0 Å². The maximum absolute atomic E-state index is 6.07. The molecule has 5 nitrogen and oxygen atoms in total. The third-order valence-electron chi connectivity index (χ3n) is 4.51. The average Bonchev–Trinajstić information content (AvgIpc) is 3.35. The van der Waals surface area contributed by atoms with E-state index in [0.717, 1.165) is 42.9 Å². The Balaban J connectivity index is 1.51. The number of thiophene rings is 1. The molecule has 0 aliphatic heterocycles. The van der Waals surface area contributed by atoms with Crippen molar-refractivity contribution in [3.8, 4) is 11.5 Å². The Morgan fingerprint density at radius 3 is 2.85 bits per heavy atom. The quantitative estimate of drug-likeness (QED) is 0.546. The fourth-order valence-corrected chi connectivity index (χ4v) is 3.80. The number of hydrogen-bond acceptors (Lipinski definition) is 4. The number of aliphatic imine (C=N–C) groups is 1. The van der Waals surface area contributed by atoms with Crippen LogP contribution in [-0.4, -0.2) is 25.7 Å². The maximum atomic E-state index is 6.07. The zero-order valence-corrected chi connectivity index (χ0v) is 16.1. The zero-order valence-electron chi connectivity index (χ0n) is 15.2. The van der Waals surface area contributed by atoms with Crippen molar-refractivity contribution in [2.24, 2.45) is 10.7 Å². The SMILES string of the molecule is COc1cc(CN=C(N)NCCc2cccs2)ccc1OC1CCCC1. The summed E-state index contributed by atoms with van der Waals surface area (Å²) in [5.74, 6) is 2.04. The molecule has 1 aliphatic rings. The Labute approximate surface area is 159 Å². The third-order valence-corrected chi connectivity index (χ3v) is 5.45. The summed E-state index contributed by atoms with van der Waals surface area (Å²) in [6, 6.07) is 10.2. The Morgan fingerprint density at radius 1 is 1.27 bits per heavy atom. The molecule has 0 saturated heterocycles. The van der Waals surface area contributed by atoms with Crippen LogP contribution >= 0.6 is 11.3 Å². The highest BCUT2D eigenvalue weighted by molar-refractivity contribution is 7.09. The number of ether oxygens (including phenoxy) is 2. The van der Waals surface area contributed by atoms with Gasteiger partial charge in [0.05, 0.1) is 19.8 Å². The van der Waals surface area contributed by atoms with Gasteiger partial charge < -0.3 is 20.5 Å². The van der Waals surface area contributed by atoms with Gasteiger partial charge in [-0.1, -0.05) is 12.1 Å². The van der Waals surface area contributed by atoms with Crippen molar-refractivity contribution in [3.05, 3.63) is 46.2 Å². The van der Waals surface area contributed by atoms with E-state index in [1.54, 1.807) is 18.4 Å². The van der Waals surface area contributed by atoms with E-state index in [9.17, 15) is 0 Å². The maximum Gasteiger partial charge on any atom is 0.188 e. The molecule has 0 bridgehead atoms. The lowest BCUT2D eigenvalue weighted by atomic mass is 10.2. The molecule has 140 valence electrons. The molecule has 0 atom stereocenters. The first-order valence-electron chi connectivity index (χ1n) is 9.14.